The highest BCUT2D eigenvalue weighted by atomic mass is 35.5. The minimum absolute atomic E-state index is 0.0288. The molecule has 0 spiro atoms. The number of amides is 1. The molecule has 3 rings (SSSR count). The summed E-state index contributed by atoms with van der Waals surface area (Å²) in [7, 11) is 3.16. The minimum Gasteiger partial charge on any atom is -0.478 e. The molecular formula is C24H26ClN7O5. The molecule has 13 heteroatoms. The summed E-state index contributed by atoms with van der Waals surface area (Å²) in [5.41, 5.74) is 15.0. The number of hydrogen-bond donors (Lipinski definition) is 7. The zero-order chi connectivity index (χ0) is 27.3. The van der Waals surface area contributed by atoms with Gasteiger partial charge in [0.2, 0.25) is 11.8 Å². The highest BCUT2D eigenvalue weighted by Crippen LogP contribution is 2.34. The SMILES string of the molecule is CNN(C)c1c(Cl)c(CC(=O)NCc2ccc(C(=N)N)cc2)c(Oc2cc(N)cc(C(=O)O)c2)[nH]c1=O. The maximum absolute atomic E-state index is 12.9. The summed E-state index contributed by atoms with van der Waals surface area (Å²) in [5, 5.41) is 20.9. The van der Waals surface area contributed by atoms with Gasteiger partial charge in [0.05, 0.1) is 17.0 Å². The highest BCUT2D eigenvalue weighted by molar-refractivity contribution is 6.34. The minimum atomic E-state index is -1.22. The number of aromatic amines is 1. The Balaban J connectivity index is 1.92. The Labute approximate surface area is 216 Å². The van der Waals surface area contributed by atoms with Crippen LogP contribution in [0.4, 0.5) is 11.4 Å². The molecule has 0 atom stereocenters. The van der Waals surface area contributed by atoms with Gasteiger partial charge in [-0.3, -0.25) is 20.0 Å². The first-order valence-electron chi connectivity index (χ1n) is 10.9. The van der Waals surface area contributed by atoms with E-state index in [1.807, 2.05) is 0 Å². The van der Waals surface area contributed by atoms with E-state index in [0.717, 1.165) is 5.56 Å². The number of nitrogens with zero attached hydrogens (tertiary/aromatic N) is 1. The molecule has 0 aliphatic heterocycles. The second-order valence-corrected chi connectivity index (χ2v) is 8.35. The summed E-state index contributed by atoms with van der Waals surface area (Å²) in [6.45, 7) is 0.189. The number of hydrazine groups is 1. The third-order valence-corrected chi connectivity index (χ3v) is 5.75. The van der Waals surface area contributed by atoms with E-state index >= 15 is 0 Å². The smallest absolute Gasteiger partial charge is 0.335 e. The lowest BCUT2D eigenvalue weighted by atomic mass is 10.1. The van der Waals surface area contributed by atoms with Crippen LogP contribution < -0.4 is 37.5 Å². The maximum Gasteiger partial charge on any atom is 0.335 e. The largest absolute Gasteiger partial charge is 0.478 e. The predicted octanol–water partition coefficient (Wildman–Crippen LogP) is 1.81. The molecule has 12 nitrogen and oxygen atoms in total. The average molecular weight is 528 g/mol. The van der Waals surface area contributed by atoms with Crippen molar-refractivity contribution in [3.8, 4) is 11.6 Å². The van der Waals surface area contributed by atoms with E-state index in [1.165, 1.54) is 23.2 Å². The van der Waals surface area contributed by atoms with E-state index in [1.54, 1.807) is 38.4 Å². The normalized spacial score (nSPS) is 10.6. The monoisotopic (exact) mass is 527 g/mol. The van der Waals surface area contributed by atoms with Crippen LogP contribution >= 0.6 is 11.6 Å². The van der Waals surface area contributed by atoms with Crippen LogP contribution in [0.5, 0.6) is 11.6 Å². The number of nitrogens with two attached hydrogens (primary N) is 2. The van der Waals surface area contributed by atoms with Crippen LogP contribution in [0.3, 0.4) is 0 Å². The molecular weight excluding hydrogens is 502 g/mol. The molecule has 0 bridgehead atoms. The molecule has 37 heavy (non-hydrogen) atoms. The van der Waals surface area contributed by atoms with E-state index in [0.29, 0.717) is 5.56 Å². The third-order valence-electron chi connectivity index (χ3n) is 5.35. The van der Waals surface area contributed by atoms with Crippen LogP contribution in [0.1, 0.15) is 27.0 Å². The molecule has 1 aromatic heterocycles. The second-order valence-electron chi connectivity index (χ2n) is 7.97. The van der Waals surface area contributed by atoms with Crippen molar-refractivity contribution in [3.05, 3.63) is 80.1 Å². The Morgan fingerprint density at radius 1 is 1.19 bits per heavy atom. The number of rotatable bonds is 10. The zero-order valence-corrected chi connectivity index (χ0v) is 20.8. The lowest BCUT2D eigenvalue weighted by Crippen LogP contribution is -2.36. The van der Waals surface area contributed by atoms with Gasteiger partial charge in [-0.25, -0.2) is 10.2 Å². The molecule has 3 aromatic rings. The maximum atomic E-state index is 12.9. The van der Waals surface area contributed by atoms with Gasteiger partial charge in [0.15, 0.2) is 0 Å². The van der Waals surface area contributed by atoms with Crippen molar-refractivity contribution >= 4 is 40.7 Å². The van der Waals surface area contributed by atoms with Crippen LogP contribution in [0.2, 0.25) is 5.02 Å². The molecule has 1 amide bonds. The highest BCUT2D eigenvalue weighted by Gasteiger charge is 2.23. The second kappa shape index (κ2) is 11.5. The molecule has 0 saturated carbocycles. The summed E-state index contributed by atoms with van der Waals surface area (Å²) < 4.78 is 5.78. The summed E-state index contributed by atoms with van der Waals surface area (Å²) in [6, 6.07) is 10.7. The molecule has 0 unspecified atom stereocenters. The molecule has 2 aromatic carbocycles. The van der Waals surface area contributed by atoms with E-state index in [2.05, 4.69) is 15.7 Å². The Hall–Kier alpha value is -4.55. The molecule has 0 radical (unpaired) electrons. The number of nitrogen functional groups attached to an aromatic ring is 2. The van der Waals surface area contributed by atoms with Gasteiger partial charge >= 0.3 is 5.97 Å². The number of carboxylic acids is 1. The van der Waals surface area contributed by atoms with E-state index in [9.17, 15) is 19.5 Å². The Morgan fingerprint density at radius 2 is 1.86 bits per heavy atom. The lowest BCUT2D eigenvalue weighted by molar-refractivity contribution is -0.120. The molecule has 1 heterocycles. The number of carboxylic acid groups (broad SMARTS) is 1. The number of carbonyl (C=O) groups is 2. The molecule has 0 fully saturated rings. The summed E-state index contributed by atoms with van der Waals surface area (Å²) >= 11 is 6.57. The standard InChI is InChI=1S/C24H26ClN7O5/c1-29-32(2)20-19(25)17(10-18(33)30-11-12-3-5-13(6-4-12)21(27)28)23(31-22(20)34)37-16-8-14(24(35)36)7-15(26)9-16/h3-9,29H,10-11,26H2,1-2H3,(H3,27,28)(H,30,33)(H,31,34)(H,35,36). The van der Waals surface area contributed by atoms with Gasteiger partial charge in [0.25, 0.3) is 5.56 Å². The van der Waals surface area contributed by atoms with Crippen LogP contribution in [-0.2, 0) is 17.8 Å². The molecule has 0 saturated heterocycles. The van der Waals surface area contributed by atoms with Gasteiger partial charge in [-0.1, -0.05) is 35.9 Å². The first-order chi connectivity index (χ1) is 17.5. The van der Waals surface area contributed by atoms with Crippen molar-refractivity contribution in [2.24, 2.45) is 5.73 Å². The summed E-state index contributed by atoms with van der Waals surface area (Å²) in [4.78, 5) is 39.6. The van der Waals surface area contributed by atoms with Gasteiger partial charge < -0.3 is 31.6 Å². The molecule has 9 N–H and O–H groups in total. The van der Waals surface area contributed by atoms with Crippen LogP contribution in [-0.4, -0.2) is 41.9 Å². The van der Waals surface area contributed by atoms with Gasteiger partial charge in [-0.2, -0.15) is 0 Å². The van der Waals surface area contributed by atoms with E-state index < -0.39 is 17.4 Å². The number of aromatic nitrogens is 1. The van der Waals surface area contributed by atoms with Crippen LogP contribution in [0, 0.1) is 5.41 Å². The fourth-order valence-electron chi connectivity index (χ4n) is 3.38. The first kappa shape index (κ1) is 27.0. The van der Waals surface area contributed by atoms with Gasteiger partial charge in [0.1, 0.15) is 17.3 Å². The van der Waals surface area contributed by atoms with Crippen molar-refractivity contribution in [1.82, 2.24) is 15.7 Å². The van der Waals surface area contributed by atoms with Crippen LogP contribution in [0.25, 0.3) is 0 Å². The number of aromatic carboxylic acids is 1. The number of nitrogens with one attached hydrogen (secondary N) is 4. The topological polar surface area (TPSA) is 200 Å². The number of amidine groups is 1. The predicted molar refractivity (Wildman–Crippen MR) is 140 cm³/mol. The van der Waals surface area contributed by atoms with E-state index in [-0.39, 0.29) is 58.0 Å². The molecule has 194 valence electrons. The number of H-pyrrole nitrogens is 1. The number of carbonyl (C=O) groups excluding carboxylic acids is 1. The van der Waals surface area contributed by atoms with Crippen molar-refractivity contribution in [1.29, 1.82) is 5.41 Å². The number of halogens is 1. The van der Waals surface area contributed by atoms with Crippen molar-refractivity contribution in [3.63, 3.8) is 0 Å². The number of anilines is 2. The lowest BCUT2D eigenvalue weighted by Gasteiger charge is -2.21. The Morgan fingerprint density at radius 3 is 2.46 bits per heavy atom. The number of pyridine rings is 1. The fourth-order valence-corrected chi connectivity index (χ4v) is 3.75. The quantitative estimate of drug-likeness (QED) is 0.0888. The number of hydrogen-bond acceptors (Lipinski definition) is 8. The van der Waals surface area contributed by atoms with Crippen LogP contribution in [0.15, 0.2) is 47.3 Å². The van der Waals surface area contributed by atoms with Crippen molar-refractivity contribution < 1.29 is 19.4 Å². The number of ether oxygens (including phenoxy) is 1. The van der Waals surface area contributed by atoms with Gasteiger partial charge in [-0.05, 0) is 17.7 Å². The Bertz CT molecular complexity index is 1410. The molecule has 0 aliphatic carbocycles. The zero-order valence-electron chi connectivity index (χ0n) is 20.0. The molecule has 0 aliphatic rings. The fraction of sp³-hybridized carbons (Fsp3) is 0.167. The first-order valence-corrected chi connectivity index (χ1v) is 11.3. The van der Waals surface area contributed by atoms with Crippen molar-refractivity contribution in [2.45, 2.75) is 13.0 Å². The van der Waals surface area contributed by atoms with Crippen molar-refractivity contribution in [2.75, 3.05) is 24.8 Å². The van der Waals surface area contributed by atoms with Gasteiger partial charge in [0, 0.05) is 43.5 Å². The third kappa shape index (κ3) is 6.57. The van der Waals surface area contributed by atoms with Gasteiger partial charge in [-0.15, -0.1) is 0 Å². The average Bonchev–Trinajstić information content (AvgIpc) is 2.84. The van der Waals surface area contributed by atoms with E-state index in [4.69, 9.17) is 33.2 Å². The summed E-state index contributed by atoms with van der Waals surface area (Å²) in [6.07, 6.45) is -0.269. The Kier molecular flexibility index (Phi) is 8.37. The summed E-state index contributed by atoms with van der Waals surface area (Å²) in [5.74, 6) is -1.80. The number of benzene rings is 2.